The minimum Gasteiger partial charge on any atom is -0.382 e. The van der Waals surface area contributed by atoms with Crippen molar-refractivity contribution in [3.63, 3.8) is 0 Å². The molecule has 0 spiro atoms. The van der Waals surface area contributed by atoms with Gasteiger partial charge in [-0.15, -0.1) is 0 Å². The molecule has 0 saturated heterocycles. The predicted molar refractivity (Wildman–Crippen MR) is 116 cm³/mol. The van der Waals surface area contributed by atoms with Crippen LogP contribution in [-0.4, -0.2) is 29.7 Å². The fraction of sp³-hybridized carbons (Fsp3) is 0.0909. The Morgan fingerprint density at radius 3 is 2.65 bits per heavy atom. The van der Waals surface area contributed by atoms with Crippen LogP contribution in [0.5, 0.6) is 0 Å². The number of nitrogens with zero attached hydrogens (tertiary/aromatic N) is 5. The highest BCUT2D eigenvalue weighted by Crippen LogP contribution is 2.32. The van der Waals surface area contributed by atoms with Crippen LogP contribution in [0, 0.1) is 12.7 Å². The Morgan fingerprint density at radius 2 is 1.88 bits per heavy atom. The number of amides is 1. The molecule has 0 unspecified atom stereocenters. The molecule has 172 valence electrons. The number of anilines is 2. The number of halogens is 4. The number of nitrogen functional groups attached to an aromatic ring is 1. The van der Waals surface area contributed by atoms with E-state index in [0.717, 1.165) is 0 Å². The number of carbonyl (C=O) groups is 1. The number of aryl methyl sites for hydroxylation is 1. The average Bonchev–Trinajstić information content (AvgIpc) is 3.36. The van der Waals surface area contributed by atoms with Crippen LogP contribution >= 0.6 is 0 Å². The third kappa shape index (κ3) is 3.49. The number of hydrogen-bond acceptors (Lipinski definition) is 5. The van der Waals surface area contributed by atoms with Gasteiger partial charge in [0.25, 0.3) is 5.91 Å². The normalized spacial score (nSPS) is 11.9. The van der Waals surface area contributed by atoms with Crippen molar-refractivity contribution in [3.05, 3.63) is 78.0 Å². The zero-order chi connectivity index (χ0) is 24.2. The van der Waals surface area contributed by atoms with Gasteiger partial charge in [0, 0.05) is 24.2 Å². The first-order chi connectivity index (χ1) is 16.1. The SMILES string of the molecule is Cc1nc(-c2ccn3c(C(=O)Nc4cc(C(F)(F)F)ccc4F)cnc3c2)c2c(N)nccn12. The van der Waals surface area contributed by atoms with Crippen LogP contribution < -0.4 is 11.1 Å². The highest BCUT2D eigenvalue weighted by atomic mass is 19.4. The van der Waals surface area contributed by atoms with Gasteiger partial charge >= 0.3 is 6.18 Å². The minimum absolute atomic E-state index is 0.00502. The molecule has 5 aromatic rings. The first kappa shape index (κ1) is 21.4. The van der Waals surface area contributed by atoms with Crippen LogP contribution in [0.2, 0.25) is 0 Å². The van der Waals surface area contributed by atoms with Crippen LogP contribution in [0.15, 0.2) is 55.1 Å². The van der Waals surface area contributed by atoms with Crippen molar-refractivity contribution in [2.75, 3.05) is 11.1 Å². The van der Waals surface area contributed by atoms with Gasteiger partial charge in [0.05, 0.1) is 17.4 Å². The maximum absolute atomic E-state index is 14.0. The molecular weight excluding hydrogens is 454 g/mol. The maximum Gasteiger partial charge on any atom is 0.416 e. The van der Waals surface area contributed by atoms with Gasteiger partial charge in [-0.1, -0.05) is 0 Å². The Kier molecular flexibility index (Phi) is 4.74. The number of carbonyl (C=O) groups excluding carboxylic acids is 1. The van der Waals surface area contributed by atoms with Crippen molar-refractivity contribution in [3.8, 4) is 11.3 Å². The molecule has 0 aliphatic carbocycles. The fourth-order valence-electron chi connectivity index (χ4n) is 3.69. The van der Waals surface area contributed by atoms with E-state index in [1.54, 1.807) is 35.1 Å². The van der Waals surface area contributed by atoms with Crippen LogP contribution in [0.4, 0.5) is 29.1 Å². The first-order valence-corrected chi connectivity index (χ1v) is 9.88. The molecule has 5 rings (SSSR count). The standard InChI is InChI=1S/C22H15F4N7O/c1-11-30-18(19-20(27)28-5-7-32(11)19)12-4-6-33-16(10-29-17(33)8-12)21(34)31-15-9-13(22(24,25)26)2-3-14(15)23/h2-10H,1H3,(H2,27,28)(H,31,34). The summed E-state index contributed by atoms with van der Waals surface area (Å²) < 4.78 is 56.1. The quantitative estimate of drug-likeness (QED) is 0.383. The van der Waals surface area contributed by atoms with Crippen molar-refractivity contribution in [1.29, 1.82) is 0 Å². The van der Waals surface area contributed by atoms with Gasteiger partial charge in [-0.2, -0.15) is 13.2 Å². The number of imidazole rings is 2. The molecule has 12 heteroatoms. The summed E-state index contributed by atoms with van der Waals surface area (Å²) >= 11 is 0. The monoisotopic (exact) mass is 469 g/mol. The third-order valence-corrected chi connectivity index (χ3v) is 5.32. The number of pyridine rings is 1. The molecule has 0 radical (unpaired) electrons. The van der Waals surface area contributed by atoms with Gasteiger partial charge in [-0.05, 0) is 37.3 Å². The van der Waals surface area contributed by atoms with E-state index < -0.39 is 29.2 Å². The molecule has 4 aromatic heterocycles. The van der Waals surface area contributed by atoms with Gasteiger partial charge in [0.2, 0.25) is 0 Å². The summed E-state index contributed by atoms with van der Waals surface area (Å²) in [6.45, 7) is 1.82. The van der Waals surface area contributed by atoms with E-state index in [1.807, 2.05) is 6.92 Å². The minimum atomic E-state index is -4.68. The van der Waals surface area contributed by atoms with Gasteiger partial charge in [-0.25, -0.2) is 19.3 Å². The van der Waals surface area contributed by atoms with E-state index in [4.69, 9.17) is 5.73 Å². The van der Waals surface area contributed by atoms with Crippen LogP contribution in [0.25, 0.3) is 22.4 Å². The van der Waals surface area contributed by atoms with E-state index in [0.29, 0.717) is 52.3 Å². The zero-order valence-corrected chi connectivity index (χ0v) is 17.4. The molecule has 8 nitrogen and oxygen atoms in total. The van der Waals surface area contributed by atoms with Gasteiger partial charge < -0.3 is 11.1 Å². The van der Waals surface area contributed by atoms with E-state index in [1.165, 1.54) is 10.6 Å². The van der Waals surface area contributed by atoms with Crippen LogP contribution in [0.1, 0.15) is 21.9 Å². The third-order valence-electron chi connectivity index (χ3n) is 5.32. The maximum atomic E-state index is 14.0. The Bertz CT molecular complexity index is 1590. The second kappa shape index (κ2) is 7.54. The molecule has 1 amide bonds. The highest BCUT2D eigenvalue weighted by molar-refractivity contribution is 6.03. The highest BCUT2D eigenvalue weighted by Gasteiger charge is 2.31. The average molecular weight is 469 g/mol. The molecule has 0 aliphatic rings. The Labute approximate surface area is 188 Å². The summed E-state index contributed by atoms with van der Waals surface area (Å²) in [7, 11) is 0. The largest absolute Gasteiger partial charge is 0.416 e. The molecule has 0 bridgehead atoms. The lowest BCUT2D eigenvalue weighted by atomic mass is 10.1. The molecule has 1 aromatic carbocycles. The second-order valence-electron chi connectivity index (χ2n) is 7.47. The van der Waals surface area contributed by atoms with Crippen LogP contribution in [0.3, 0.4) is 0 Å². The molecule has 3 N–H and O–H groups in total. The van der Waals surface area contributed by atoms with E-state index in [9.17, 15) is 22.4 Å². The number of fused-ring (bicyclic) bond motifs is 2. The lowest BCUT2D eigenvalue weighted by Gasteiger charge is -2.11. The van der Waals surface area contributed by atoms with Crippen molar-refractivity contribution < 1.29 is 22.4 Å². The Morgan fingerprint density at radius 1 is 1.09 bits per heavy atom. The summed E-state index contributed by atoms with van der Waals surface area (Å²) in [5.74, 6) is -0.823. The smallest absolute Gasteiger partial charge is 0.382 e. The van der Waals surface area contributed by atoms with Gasteiger partial charge in [0.15, 0.2) is 0 Å². The fourth-order valence-corrected chi connectivity index (χ4v) is 3.69. The second-order valence-corrected chi connectivity index (χ2v) is 7.47. The number of nitrogens with two attached hydrogens (primary N) is 1. The summed E-state index contributed by atoms with van der Waals surface area (Å²) in [5.41, 5.74) is 6.61. The molecule has 0 fully saturated rings. The van der Waals surface area contributed by atoms with Crippen molar-refractivity contribution in [2.24, 2.45) is 0 Å². The molecule has 0 atom stereocenters. The lowest BCUT2D eigenvalue weighted by molar-refractivity contribution is -0.137. The van der Waals surface area contributed by atoms with Crippen molar-refractivity contribution in [1.82, 2.24) is 23.8 Å². The van der Waals surface area contributed by atoms with E-state index in [-0.39, 0.29) is 5.69 Å². The van der Waals surface area contributed by atoms with Gasteiger partial charge in [0.1, 0.15) is 40.0 Å². The number of hydrogen-bond donors (Lipinski definition) is 2. The molecular formula is C22H15F4N7O. The van der Waals surface area contributed by atoms with Crippen molar-refractivity contribution >= 4 is 28.6 Å². The number of alkyl halides is 3. The summed E-state index contributed by atoms with van der Waals surface area (Å²) in [5, 5.41) is 2.18. The zero-order valence-electron chi connectivity index (χ0n) is 17.4. The lowest BCUT2D eigenvalue weighted by Crippen LogP contribution is -2.16. The number of aromatic nitrogens is 5. The molecule has 34 heavy (non-hydrogen) atoms. The predicted octanol–water partition coefficient (Wildman–Crippen LogP) is 4.34. The van der Waals surface area contributed by atoms with Crippen LogP contribution in [-0.2, 0) is 6.18 Å². The molecule has 0 saturated carbocycles. The molecule has 4 heterocycles. The topological polar surface area (TPSA) is 103 Å². The number of rotatable bonds is 3. The van der Waals surface area contributed by atoms with Gasteiger partial charge in [-0.3, -0.25) is 13.6 Å². The van der Waals surface area contributed by atoms with Crippen molar-refractivity contribution in [2.45, 2.75) is 13.1 Å². The number of nitrogens with one attached hydrogen (secondary N) is 1. The summed E-state index contributed by atoms with van der Waals surface area (Å²) in [6, 6.07) is 5.15. The Hall–Kier alpha value is -4.48. The first-order valence-electron chi connectivity index (χ1n) is 9.88. The van der Waals surface area contributed by atoms with E-state index in [2.05, 4.69) is 20.3 Å². The molecule has 0 aliphatic heterocycles. The Balaban J connectivity index is 1.51. The summed E-state index contributed by atoms with van der Waals surface area (Å²) in [6.07, 6.45) is 1.42. The number of benzene rings is 1. The summed E-state index contributed by atoms with van der Waals surface area (Å²) in [4.78, 5) is 25.6. The van der Waals surface area contributed by atoms with E-state index >= 15 is 0 Å².